The maximum Gasteiger partial charge on any atom is -0.0190 e. The highest BCUT2D eigenvalue weighted by Crippen LogP contribution is 2.22. The van der Waals surface area contributed by atoms with Gasteiger partial charge in [0.1, 0.15) is 0 Å². The first-order valence-electron chi connectivity index (χ1n) is 7.79. The molecule has 18 heavy (non-hydrogen) atoms. The van der Waals surface area contributed by atoms with Gasteiger partial charge in [-0.05, 0) is 23.8 Å². The van der Waals surface area contributed by atoms with Crippen LogP contribution in [-0.2, 0) is 0 Å². The Morgan fingerprint density at radius 3 is 2.06 bits per heavy atom. The normalized spacial score (nSPS) is 14.4. The van der Waals surface area contributed by atoms with Crippen LogP contribution in [0.4, 0.5) is 0 Å². The van der Waals surface area contributed by atoms with E-state index >= 15 is 0 Å². The third-order valence-electron chi connectivity index (χ3n) is 4.15. The molecule has 0 fully saturated rings. The average molecular weight is 246 g/mol. The second kappa shape index (κ2) is 9.19. The number of rotatable bonds is 9. The summed E-state index contributed by atoms with van der Waals surface area (Å²) >= 11 is 0. The Morgan fingerprint density at radius 2 is 1.44 bits per heavy atom. The van der Waals surface area contributed by atoms with E-state index in [2.05, 4.69) is 51.1 Å². The Labute approximate surface area is 114 Å². The van der Waals surface area contributed by atoms with E-state index < -0.39 is 0 Å². The molecule has 0 saturated heterocycles. The zero-order valence-electron chi connectivity index (χ0n) is 12.5. The third kappa shape index (κ3) is 6.23. The van der Waals surface area contributed by atoms with E-state index in [1.165, 1.54) is 50.5 Å². The molecule has 0 aliphatic rings. The van der Waals surface area contributed by atoms with Crippen molar-refractivity contribution in [2.75, 3.05) is 0 Å². The molecular formula is C18H30. The second-order valence-electron chi connectivity index (χ2n) is 5.82. The van der Waals surface area contributed by atoms with Gasteiger partial charge in [0.2, 0.25) is 0 Å². The van der Waals surface area contributed by atoms with E-state index in [1.807, 2.05) is 0 Å². The summed E-state index contributed by atoms with van der Waals surface area (Å²) in [4.78, 5) is 0. The standard InChI is InChI=1S/C18H30/c1-4-16(2)12-8-5-6-9-13-17(3)18-14-10-7-11-15-18/h7,10-11,14-17H,4-6,8-9,12-13H2,1-3H3. The summed E-state index contributed by atoms with van der Waals surface area (Å²) < 4.78 is 0. The predicted molar refractivity (Wildman–Crippen MR) is 82.0 cm³/mol. The lowest BCUT2D eigenvalue weighted by atomic mass is 9.94. The molecule has 0 aromatic heterocycles. The zero-order valence-corrected chi connectivity index (χ0v) is 12.5. The Hall–Kier alpha value is -0.780. The van der Waals surface area contributed by atoms with Gasteiger partial charge < -0.3 is 0 Å². The van der Waals surface area contributed by atoms with Gasteiger partial charge in [0.15, 0.2) is 0 Å². The van der Waals surface area contributed by atoms with Gasteiger partial charge in [-0.25, -0.2) is 0 Å². The molecular weight excluding hydrogens is 216 g/mol. The third-order valence-corrected chi connectivity index (χ3v) is 4.15. The molecule has 102 valence electrons. The van der Waals surface area contributed by atoms with Crippen molar-refractivity contribution >= 4 is 0 Å². The Kier molecular flexibility index (Phi) is 7.80. The largest absolute Gasteiger partial charge is 0.0651 e. The SMILES string of the molecule is CCC(C)CCCCCCC(C)c1ccccc1. The van der Waals surface area contributed by atoms with Gasteiger partial charge in [0.05, 0.1) is 0 Å². The van der Waals surface area contributed by atoms with Gasteiger partial charge in [0, 0.05) is 0 Å². The summed E-state index contributed by atoms with van der Waals surface area (Å²) in [7, 11) is 0. The Balaban J connectivity index is 2.04. The molecule has 0 bridgehead atoms. The van der Waals surface area contributed by atoms with Gasteiger partial charge in [-0.1, -0.05) is 89.6 Å². The van der Waals surface area contributed by atoms with Crippen LogP contribution in [0.15, 0.2) is 30.3 Å². The van der Waals surface area contributed by atoms with E-state index in [9.17, 15) is 0 Å². The molecule has 0 spiro atoms. The molecule has 1 rings (SSSR count). The molecule has 0 saturated carbocycles. The van der Waals surface area contributed by atoms with Gasteiger partial charge in [0.25, 0.3) is 0 Å². The Morgan fingerprint density at radius 1 is 0.833 bits per heavy atom. The summed E-state index contributed by atoms with van der Waals surface area (Å²) in [6, 6.07) is 10.9. The quantitative estimate of drug-likeness (QED) is 0.457. The number of hydrogen-bond acceptors (Lipinski definition) is 0. The van der Waals surface area contributed by atoms with Crippen LogP contribution in [0.25, 0.3) is 0 Å². The smallest absolute Gasteiger partial charge is 0.0190 e. The van der Waals surface area contributed by atoms with Crippen molar-refractivity contribution in [3.05, 3.63) is 35.9 Å². The van der Waals surface area contributed by atoms with E-state index in [-0.39, 0.29) is 0 Å². The van der Waals surface area contributed by atoms with E-state index in [0.717, 1.165) is 11.8 Å². The van der Waals surface area contributed by atoms with E-state index in [1.54, 1.807) is 0 Å². The van der Waals surface area contributed by atoms with E-state index in [0.29, 0.717) is 0 Å². The van der Waals surface area contributed by atoms with Gasteiger partial charge >= 0.3 is 0 Å². The minimum Gasteiger partial charge on any atom is -0.0651 e. The number of unbranched alkanes of at least 4 members (excludes halogenated alkanes) is 3. The summed E-state index contributed by atoms with van der Waals surface area (Å²) in [5.41, 5.74) is 1.50. The molecule has 0 aliphatic heterocycles. The maximum absolute atomic E-state index is 2.37. The first-order valence-corrected chi connectivity index (χ1v) is 7.79. The van der Waals surface area contributed by atoms with Crippen molar-refractivity contribution in [3.63, 3.8) is 0 Å². The van der Waals surface area contributed by atoms with Crippen molar-refractivity contribution in [1.82, 2.24) is 0 Å². The molecule has 2 atom stereocenters. The fourth-order valence-electron chi connectivity index (χ4n) is 2.45. The van der Waals surface area contributed by atoms with Crippen molar-refractivity contribution in [2.45, 2.75) is 71.6 Å². The van der Waals surface area contributed by atoms with Crippen molar-refractivity contribution in [3.8, 4) is 0 Å². The maximum atomic E-state index is 2.37. The molecule has 0 aliphatic carbocycles. The van der Waals surface area contributed by atoms with Crippen LogP contribution in [-0.4, -0.2) is 0 Å². The fraction of sp³-hybridized carbons (Fsp3) is 0.667. The monoisotopic (exact) mass is 246 g/mol. The van der Waals surface area contributed by atoms with Gasteiger partial charge in [-0.15, -0.1) is 0 Å². The van der Waals surface area contributed by atoms with Crippen LogP contribution >= 0.6 is 0 Å². The van der Waals surface area contributed by atoms with Crippen LogP contribution in [0.2, 0.25) is 0 Å². The predicted octanol–water partition coefficient (Wildman–Crippen LogP) is 6.18. The van der Waals surface area contributed by atoms with E-state index in [4.69, 9.17) is 0 Å². The fourth-order valence-corrected chi connectivity index (χ4v) is 2.45. The summed E-state index contributed by atoms with van der Waals surface area (Å²) in [6.45, 7) is 7.03. The van der Waals surface area contributed by atoms with Crippen LogP contribution < -0.4 is 0 Å². The molecule has 0 heterocycles. The highest BCUT2D eigenvalue weighted by atomic mass is 14.1. The first-order chi connectivity index (χ1) is 8.74. The molecule has 1 aromatic rings. The van der Waals surface area contributed by atoms with Crippen molar-refractivity contribution in [1.29, 1.82) is 0 Å². The molecule has 0 heteroatoms. The van der Waals surface area contributed by atoms with Crippen LogP contribution in [0.3, 0.4) is 0 Å². The van der Waals surface area contributed by atoms with Crippen molar-refractivity contribution in [2.24, 2.45) is 5.92 Å². The second-order valence-corrected chi connectivity index (χ2v) is 5.82. The summed E-state index contributed by atoms with van der Waals surface area (Å²) in [6.07, 6.45) is 9.74. The lowest BCUT2D eigenvalue weighted by molar-refractivity contribution is 0.468. The Bertz CT molecular complexity index is 288. The number of benzene rings is 1. The number of hydrogen-bond donors (Lipinski definition) is 0. The topological polar surface area (TPSA) is 0 Å². The van der Waals surface area contributed by atoms with Crippen molar-refractivity contribution < 1.29 is 0 Å². The molecule has 0 N–H and O–H groups in total. The molecule has 1 aromatic carbocycles. The summed E-state index contributed by atoms with van der Waals surface area (Å²) in [5, 5.41) is 0. The minimum atomic E-state index is 0.723. The van der Waals surface area contributed by atoms with Gasteiger partial charge in [-0.3, -0.25) is 0 Å². The minimum absolute atomic E-state index is 0.723. The first kappa shape index (κ1) is 15.3. The summed E-state index contributed by atoms with van der Waals surface area (Å²) in [5.74, 6) is 1.65. The zero-order chi connectivity index (χ0) is 13.2. The van der Waals surface area contributed by atoms with Crippen LogP contribution in [0.5, 0.6) is 0 Å². The molecule has 0 nitrogen and oxygen atoms in total. The lowest BCUT2D eigenvalue weighted by Crippen LogP contribution is -1.94. The highest BCUT2D eigenvalue weighted by Gasteiger charge is 2.04. The van der Waals surface area contributed by atoms with Gasteiger partial charge in [-0.2, -0.15) is 0 Å². The molecule has 0 radical (unpaired) electrons. The molecule has 2 unspecified atom stereocenters. The lowest BCUT2D eigenvalue weighted by Gasteiger charge is -2.12. The highest BCUT2D eigenvalue weighted by molar-refractivity contribution is 5.18. The van der Waals surface area contributed by atoms with Crippen LogP contribution in [0.1, 0.15) is 77.2 Å². The average Bonchev–Trinajstić information content (AvgIpc) is 2.43. The molecule has 0 amide bonds. The van der Waals surface area contributed by atoms with Crippen LogP contribution in [0, 0.1) is 5.92 Å².